The number of amides is 1. The summed E-state index contributed by atoms with van der Waals surface area (Å²) in [4.78, 5) is 25.2. The molecule has 1 N–H and O–H groups in total. The van der Waals surface area contributed by atoms with Crippen molar-refractivity contribution in [2.75, 3.05) is 7.05 Å². The van der Waals surface area contributed by atoms with Crippen LogP contribution in [0.1, 0.15) is 51.4 Å². The van der Waals surface area contributed by atoms with Crippen LogP contribution in [0.15, 0.2) is 0 Å². The lowest BCUT2D eigenvalue weighted by atomic mass is 9.93. The lowest BCUT2D eigenvalue weighted by molar-refractivity contribution is -0.141. The largest absolute Gasteiger partial charge is 0.481 e. The molecule has 0 saturated heterocycles. The lowest BCUT2D eigenvalue weighted by Gasteiger charge is -2.33. The summed E-state index contributed by atoms with van der Waals surface area (Å²) in [5.41, 5.74) is 0. The van der Waals surface area contributed by atoms with E-state index in [4.69, 9.17) is 5.11 Å². The number of rotatable bonds is 3. The summed E-state index contributed by atoms with van der Waals surface area (Å²) in [5.74, 6) is -0.937. The molecule has 0 unspecified atom stereocenters. The van der Waals surface area contributed by atoms with Gasteiger partial charge in [0.05, 0.1) is 5.92 Å². The fourth-order valence-electron chi connectivity index (χ4n) is 3.37. The average Bonchev–Trinajstić information content (AvgIpc) is 2.88. The van der Waals surface area contributed by atoms with Crippen molar-refractivity contribution in [3.05, 3.63) is 0 Å². The Hall–Kier alpha value is -1.06. The predicted molar refractivity (Wildman–Crippen MR) is 68.1 cm³/mol. The summed E-state index contributed by atoms with van der Waals surface area (Å²) >= 11 is 0. The molecule has 0 aromatic carbocycles. The van der Waals surface area contributed by atoms with Crippen LogP contribution in [-0.2, 0) is 9.59 Å². The van der Waals surface area contributed by atoms with Gasteiger partial charge in [-0.05, 0) is 32.1 Å². The Kier molecular flexibility index (Phi) is 4.25. The van der Waals surface area contributed by atoms with Crippen LogP contribution in [0.3, 0.4) is 0 Å². The molecule has 0 bridgehead atoms. The van der Waals surface area contributed by atoms with E-state index in [0.29, 0.717) is 18.9 Å². The first-order valence-corrected chi connectivity index (χ1v) is 7.09. The Morgan fingerprint density at radius 1 is 1.00 bits per heavy atom. The summed E-state index contributed by atoms with van der Waals surface area (Å²) in [6.07, 6.45) is 7.86. The van der Waals surface area contributed by atoms with Crippen LogP contribution in [0, 0.1) is 11.8 Å². The van der Waals surface area contributed by atoms with E-state index in [2.05, 4.69) is 0 Å². The highest BCUT2D eigenvalue weighted by molar-refractivity contribution is 5.81. The van der Waals surface area contributed by atoms with Crippen LogP contribution >= 0.6 is 0 Å². The Morgan fingerprint density at radius 3 is 2.17 bits per heavy atom. The normalized spacial score (nSPS) is 29.2. The Bertz CT molecular complexity index is 323. The van der Waals surface area contributed by atoms with Gasteiger partial charge in [-0.15, -0.1) is 0 Å². The second kappa shape index (κ2) is 5.72. The third-order valence-corrected chi connectivity index (χ3v) is 4.60. The smallest absolute Gasteiger partial charge is 0.306 e. The zero-order valence-electron chi connectivity index (χ0n) is 11.1. The first kappa shape index (κ1) is 13.4. The quantitative estimate of drug-likeness (QED) is 0.839. The van der Waals surface area contributed by atoms with Crippen molar-refractivity contribution in [3.8, 4) is 0 Å². The standard InChI is InChI=1S/C14H23NO3/c1-15(12-5-3-2-4-6-12)13(16)10-7-8-11(9-10)14(17)18/h10-12H,2-9H2,1H3,(H,17,18)/t10-,11+/m1/s1. The molecule has 0 spiro atoms. The van der Waals surface area contributed by atoms with Gasteiger partial charge in [-0.2, -0.15) is 0 Å². The molecule has 0 aliphatic heterocycles. The van der Waals surface area contributed by atoms with Crippen molar-refractivity contribution in [2.24, 2.45) is 11.8 Å². The maximum absolute atomic E-state index is 12.3. The van der Waals surface area contributed by atoms with E-state index < -0.39 is 5.97 Å². The summed E-state index contributed by atoms with van der Waals surface area (Å²) in [7, 11) is 1.90. The van der Waals surface area contributed by atoms with Crippen molar-refractivity contribution in [2.45, 2.75) is 57.4 Å². The second-order valence-electron chi connectivity index (χ2n) is 5.79. The SMILES string of the molecule is CN(C(=O)[C@@H]1CC[C@H](C(=O)O)C1)C1CCCCC1. The van der Waals surface area contributed by atoms with Crippen LogP contribution < -0.4 is 0 Å². The Morgan fingerprint density at radius 2 is 1.61 bits per heavy atom. The highest BCUT2D eigenvalue weighted by Gasteiger charge is 2.36. The van der Waals surface area contributed by atoms with Gasteiger partial charge < -0.3 is 10.0 Å². The number of hydrogen-bond donors (Lipinski definition) is 1. The maximum Gasteiger partial charge on any atom is 0.306 e. The zero-order chi connectivity index (χ0) is 13.1. The van der Waals surface area contributed by atoms with Gasteiger partial charge in [0, 0.05) is 19.0 Å². The molecule has 2 saturated carbocycles. The summed E-state index contributed by atoms with van der Waals surface area (Å²) in [6.45, 7) is 0. The molecule has 0 radical (unpaired) electrons. The molecule has 0 aromatic rings. The minimum Gasteiger partial charge on any atom is -0.481 e. The van der Waals surface area contributed by atoms with E-state index in [1.807, 2.05) is 11.9 Å². The third kappa shape index (κ3) is 2.85. The fourth-order valence-corrected chi connectivity index (χ4v) is 3.37. The summed E-state index contributed by atoms with van der Waals surface area (Å²) < 4.78 is 0. The minimum atomic E-state index is -0.745. The monoisotopic (exact) mass is 253 g/mol. The minimum absolute atomic E-state index is 0.0574. The van der Waals surface area contributed by atoms with Gasteiger partial charge >= 0.3 is 5.97 Å². The first-order valence-electron chi connectivity index (χ1n) is 7.09. The van der Waals surface area contributed by atoms with E-state index >= 15 is 0 Å². The van der Waals surface area contributed by atoms with E-state index in [0.717, 1.165) is 19.3 Å². The topological polar surface area (TPSA) is 57.6 Å². The molecule has 2 aliphatic rings. The molecule has 4 nitrogen and oxygen atoms in total. The Labute approximate surface area is 108 Å². The van der Waals surface area contributed by atoms with Crippen LogP contribution in [0.25, 0.3) is 0 Å². The molecule has 1 amide bonds. The molecule has 0 heterocycles. The van der Waals surface area contributed by atoms with Crippen LogP contribution in [0.5, 0.6) is 0 Å². The van der Waals surface area contributed by atoms with Crippen LogP contribution in [0.2, 0.25) is 0 Å². The molecule has 2 rings (SSSR count). The molecule has 102 valence electrons. The molecule has 0 aromatic heterocycles. The van der Waals surface area contributed by atoms with Gasteiger partial charge in [0.2, 0.25) is 5.91 Å². The summed E-state index contributed by atoms with van der Waals surface area (Å²) in [5, 5.41) is 8.98. The number of carboxylic acids is 1. The number of carbonyl (C=O) groups excluding carboxylic acids is 1. The van der Waals surface area contributed by atoms with E-state index in [1.54, 1.807) is 0 Å². The van der Waals surface area contributed by atoms with Crippen molar-refractivity contribution in [1.82, 2.24) is 4.90 Å². The van der Waals surface area contributed by atoms with Gasteiger partial charge in [-0.1, -0.05) is 19.3 Å². The van der Waals surface area contributed by atoms with Gasteiger partial charge in [0.1, 0.15) is 0 Å². The number of aliphatic carboxylic acids is 1. The molecule has 18 heavy (non-hydrogen) atoms. The fraction of sp³-hybridized carbons (Fsp3) is 0.857. The molecule has 2 fully saturated rings. The van der Waals surface area contributed by atoms with Crippen molar-refractivity contribution in [1.29, 1.82) is 0 Å². The van der Waals surface area contributed by atoms with E-state index in [1.165, 1.54) is 19.3 Å². The van der Waals surface area contributed by atoms with Crippen LogP contribution in [0.4, 0.5) is 0 Å². The first-order chi connectivity index (χ1) is 8.59. The van der Waals surface area contributed by atoms with E-state index in [9.17, 15) is 9.59 Å². The average molecular weight is 253 g/mol. The van der Waals surface area contributed by atoms with E-state index in [-0.39, 0.29) is 17.7 Å². The maximum atomic E-state index is 12.3. The highest BCUT2D eigenvalue weighted by Crippen LogP contribution is 2.33. The third-order valence-electron chi connectivity index (χ3n) is 4.60. The van der Waals surface area contributed by atoms with Crippen molar-refractivity contribution < 1.29 is 14.7 Å². The predicted octanol–water partition coefficient (Wildman–Crippen LogP) is 2.28. The molecular formula is C14H23NO3. The molecule has 4 heteroatoms. The Balaban J connectivity index is 1.89. The van der Waals surface area contributed by atoms with Gasteiger partial charge in [0.25, 0.3) is 0 Å². The molecule has 2 aliphatic carbocycles. The number of nitrogens with zero attached hydrogens (tertiary/aromatic N) is 1. The van der Waals surface area contributed by atoms with Gasteiger partial charge in [-0.3, -0.25) is 9.59 Å². The summed E-state index contributed by atoms with van der Waals surface area (Å²) in [6, 6.07) is 0.384. The zero-order valence-corrected chi connectivity index (χ0v) is 11.1. The molecular weight excluding hydrogens is 230 g/mol. The van der Waals surface area contributed by atoms with Crippen LogP contribution in [-0.4, -0.2) is 35.0 Å². The van der Waals surface area contributed by atoms with Crippen molar-refractivity contribution in [3.63, 3.8) is 0 Å². The molecule has 2 atom stereocenters. The van der Waals surface area contributed by atoms with Gasteiger partial charge in [-0.25, -0.2) is 0 Å². The van der Waals surface area contributed by atoms with Crippen molar-refractivity contribution >= 4 is 11.9 Å². The number of carbonyl (C=O) groups is 2. The lowest BCUT2D eigenvalue weighted by Crippen LogP contribution is -2.41. The van der Waals surface area contributed by atoms with Gasteiger partial charge in [0.15, 0.2) is 0 Å². The second-order valence-corrected chi connectivity index (χ2v) is 5.79. The highest BCUT2D eigenvalue weighted by atomic mass is 16.4. The number of hydrogen-bond acceptors (Lipinski definition) is 2. The number of carboxylic acid groups (broad SMARTS) is 1.